The lowest BCUT2D eigenvalue weighted by atomic mass is 10.0. The summed E-state index contributed by atoms with van der Waals surface area (Å²) in [5.41, 5.74) is 0. The Balaban J connectivity index is 3.18. The molecule has 0 aromatic rings. The molecule has 0 saturated heterocycles. The summed E-state index contributed by atoms with van der Waals surface area (Å²) in [6.45, 7) is 7.69. The molecule has 19 heavy (non-hydrogen) atoms. The maximum Gasteiger partial charge on any atom is 0.243 e. The molecule has 1 amide bonds. The van der Waals surface area contributed by atoms with Crippen molar-refractivity contribution in [2.75, 3.05) is 0 Å². The highest BCUT2D eigenvalue weighted by Gasteiger charge is 2.04. The summed E-state index contributed by atoms with van der Waals surface area (Å²) in [5, 5.41) is 2.82. The number of rotatable bonds is 13. The summed E-state index contributed by atoms with van der Waals surface area (Å²) in [5.74, 6) is -0.0930. The zero-order chi connectivity index (χ0) is 14.3. The van der Waals surface area contributed by atoms with Crippen molar-refractivity contribution in [1.29, 1.82) is 0 Å². The van der Waals surface area contributed by atoms with Crippen LogP contribution in [0.5, 0.6) is 0 Å². The van der Waals surface area contributed by atoms with Gasteiger partial charge in [-0.25, -0.2) is 0 Å². The van der Waals surface area contributed by atoms with Crippen LogP contribution < -0.4 is 5.32 Å². The molecule has 0 bridgehead atoms. The Kier molecular flexibility index (Phi) is 13.1. The van der Waals surface area contributed by atoms with Crippen molar-refractivity contribution in [1.82, 2.24) is 5.32 Å². The first kappa shape index (κ1) is 18.2. The van der Waals surface area contributed by atoms with E-state index in [9.17, 15) is 4.79 Å². The van der Waals surface area contributed by atoms with E-state index in [2.05, 4.69) is 18.8 Å². The van der Waals surface area contributed by atoms with Crippen LogP contribution >= 0.6 is 0 Å². The van der Waals surface area contributed by atoms with Crippen LogP contribution in [0, 0.1) is 6.04 Å². The van der Waals surface area contributed by atoms with E-state index in [0.29, 0.717) is 0 Å². The molecule has 0 aromatic heterocycles. The summed E-state index contributed by atoms with van der Waals surface area (Å²) >= 11 is 0. The second-order valence-corrected chi connectivity index (χ2v) is 5.41. The zero-order valence-corrected chi connectivity index (χ0v) is 13.0. The van der Waals surface area contributed by atoms with Gasteiger partial charge in [-0.05, 0) is 19.4 Å². The lowest BCUT2D eigenvalue weighted by Gasteiger charge is -2.10. The quantitative estimate of drug-likeness (QED) is 0.362. The summed E-state index contributed by atoms with van der Waals surface area (Å²) in [7, 11) is 0. The van der Waals surface area contributed by atoms with Crippen molar-refractivity contribution in [3.05, 3.63) is 18.7 Å². The Morgan fingerprint density at radius 1 is 0.947 bits per heavy atom. The number of carbonyl (C=O) groups excluding carboxylic acids is 1. The van der Waals surface area contributed by atoms with Crippen LogP contribution in [0.1, 0.15) is 84.5 Å². The van der Waals surface area contributed by atoms with Crippen molar-refractivity contribution >= 4 is 5.91 Å². The first-order valence-corrected chi connectivity index (χ1v) is 7.96. The molecule has 2 heteroatoms. The van der Waals surface area contributed by atoms with Gasteiger partial charge in [-0.15, -0.1) is 0 Å². The molecule has 0 fully saturated rings. The molecule has 0 atom stereocenters. The van der Waals surface area contributed by atoms with Gasteiger partial charge in [0.15, 0.2) is 0 Å². The van der Waals surface area contributed by atoms with Gasteiger partial charge >= 0.3 is 0 Å². The Morgan fingerprint density at radius 3 is 1.89 bits per heavy atom. The van der Waals surface area contributed by atoms with E-state index in [0.717, 1.165) is 12.5 Å². The van der Waals surface area contributed by atoms with Crippen molar-refractivity contribution in [3.8, 4) is 0 Å². The monoisotopic (exact) mass is 266 g/mol. The standard InChI is InChI=1S/C17H32NO/c1-4-6-7-8-9-10-11-12-13-14-15-16(3)18-17(19)5-2/h5H,2,4,6-15H2,1,3H3,(H,18,19). The molecule has 1 N–H and O–H groups in total. The van der Waals surface area contributed by atoms with Crippen LogP contribution in [0.15, 0.2) is 12.7 Å². The molecule has 0 spiro atoms. The first-order valence-electron chi connectivity index (χ1n) is 7.96. The predicted molar refractivity (Wildman–Crippen MR) is 83.7 cm³/mol. The van der Waals surface area contributed by atoms with E-state index in [1.54, 1.807) is 0 Å². The lowest BCUT2D eigenvalue weighted by molar-refractivity contribution is -0.116. The average molecular weight is 266 g/mol. The average Bonchev–Trinajstić information content (AvgIpc) is 2.40. The Hall–Kier alpha value is -0.790. The molecule has 0 aliphatic rings. The molecule has 0 aliphatic heterocycles. The highest BCUT2D eigenvalue weighted by atomic mass is 16.1. The third-order valence-electron chi connectivity index (χ3n) is 3.43. The van der Waals surface area contributed by atoms with Gasteiger partial charge in [-0.2, -0.15) is 0 Å². The minimum atomic E-state index is -0.0930. The molecular formula is C17H32NO. The van der Waals surface area contributed by atoms with Gasteiger partial charge in [0.25, 0.3) is 0 Å². The SMILES string of the molecule is C=CC(=O)N[C](C)CCCCCCCCCCCC. The molecule has 0 saturated carbocycles. The van der Waals surface area contributed by atoms with Gasteiger partial charge in [-0.3, -0.25) is 4.79 Å². The van der Waals surface area contributed by atoms with Gasteiger partial charge in [0.2, 0.25) is 5.91 Å². The number of carbonyl (C=O) groups is 1. The molecule has 0 aromatic carbocycles. The third-order valence-corrected chi connectivity index (χ3v) is 3.43. The van der Waals surface area contributed by atoms with E-state index in [4.69, 9.17) is 0 Å². The topological polar surface area (TPSA) is 29.1 Å². The predicted octanol–water partition coefficient (Wildman–Crippen LogP) is 5.15. The number of hydrogen-bond donors (Lipinski definition) is 1. The van der Waals surface area contributed by atoms with Gasteiger partial charge in [-0.1, -0.05) is 77.7 Å². The van der Waals surface area contributed by atoms with Crippen molar-refractivity contribution in [2.24, 2.45) is 0 Å². The molecule has 111 valence electrons. The second kappa shape index (κ2) is 13.6. The summed E-state index contributed by atoms with van der Waals surface area (Å²) in [6, 6.07) is 1.06. The molecule has 0 rings (SSSR count). The highest BCUT2D eigenvalue weighted by molar-refractivity contribution is 5.87. The number of hydrogen-bond acceptors (Lipinski definition) is 1. The minimum absolute atomic E-state index is 0.0930. The molecule has 0 unspecified atom stereocenters. The fraction of sp³-hybridized carbons (Fsp3) is 0.765. The molecule has 0 heterocycles. The van der Waals surface area contributed by atoms with E-state index in [1.165, 1.54) is 70.3 Å². The number of amides is 1. The van der Waals surface area contributed by atoms with Crippen molar-refractivity contribution in [3.63, 3.8) is 0 Å². The zero-order valence-electron chi connectivity index (χ0n) is 13.0. The van der Waals surface area contributed by atoms with E-state index in [1.807, 2.05) is 6.92 Å². The minimum Gasteiger partial charge on any atom is -0.345 e. The van der Waals surface area contributed by atoms with E-state index < -0.39 is 0 Å². The van der Waals surface area contributed by atoms with Gasteiger partial charge in [0.1, 0.15) is 0 Å². The molecule has 1 radical (unpaired) electrons. The Morgan fingerprint density at radius 2 is 1.42 bits per heavy atom. The largest absolute Gasteiger partial charge is 0.345 e. The van der Waals surface area contributed by atoms with Gasteiger partial charge in [0.05, 0.1) is 6.04 Å². The normalized spacial score (nSPS) is 10.7. The van der Waals surface area contributed by atoms with Crippen molar-refractivity contribution < 1.29 is 4.79 Å². The maximum atomic E-state index is 11.1. The van der Waals surface area contributed by atoms with E-state index >= 15 is 0 Å². The van der Waals surface area contributed by atoms with Crippen LogP contribution in [0.3, 0.4) is 0 Å². The van der Waals surface area contributed by atoms with Crippen LogP contribution in [0.4, 0.5) is 0 Å². The Labute approximate surface area is 120 Å². The number of unbranched alkanes of at least 4 members (excludes halogenated alkanes) is 9. The van der Waals surface area contributed by atoms with E-state index in [-0.39, 0.29) is 5.91 Å². The summed E-state index contributed by atoms with van der Waals surface area (Å²) in [6.07, 6.45) is 15.8. The van der Waals surface area contributed by atoms with Gasteiger partial charge < -0.3 is 5.32 Å². The smallest absolute Gasteiger partial charge is 0.243 e. The first-order chi connectivity index (χ1) is 9.20. The van der Waals surface area contributed by atoms with Crippen LogP contribution in [-0.2, 0) is 4.79 Å². The highest BCUT2D eigenvalue weighted by Crippen LogP contribution is 2.13. The van der Waals surface area contributed by atoms with Crippen LogP contribution in [0.2, 0.25) is 0 Å². The Bertz CT molecular complexity index is 225. The van der Waals surface area contributed by atoms with Crippen LogP contribution in [-0.4, -0.2) is 5.91 Å². The third kappa shape index (κ3) is 13.4. The lowest BCUT2D eigenvalue weighted by Crippen LogP contribution is -2.24. The second-order valence-electron chi connectivity index (χ2n) is 5.41. The maximum absolute atomic E-state index is 11.1. The van der Waals surface area contributed by atoms with Crippen molar-refractivity contribution in [2.45, 2.75) is 84.5 Å². The van der Waals surface area contributed by atoms with Crippen LogP contribution in [0.25, 0.3) is 0 Å². The molecule has 0 aliphatic carbocycles. The molecular weight excluding hydrogens is 234 g/mol. The summed E-state index contributed by atoms with van der Waals surface area (Å²) < 4.78 is 0. The fourth-order valence-corrected chi connectivity index (χ4v) is 2.20. The fourth-order valence-electron chi connectivity index (χ4n) is 2.20. The summed E-state index contributed by atoms with van der Waals surface area (Å²) in [4.78, 5) is 11.1. The van der Waals surface area contributed by atoms with Gasteiger partial charge in [0, 0.05) is 0 Å². The molecule has 2 nitrogen and oxygen atoms in total. The number of nitrogens with one attached hydrogen (secondary N) is 1.